The molecule has 328 valence electrons. The van der Waals surface area contributed by atoms with Crippen LogP contribution in [0, 0.1) is 24.6 Å². The van der Waals surface area contributed by atoms with Gasteiger partial charge in [0.15, 0.2) is 12.2 Å². The average molecular weight is 797 g/mol. The van der Waals surface area contributed by atoms with E-state index in [1.165, 1.54) is 147 Å². The van der Waals surface area contributed by atoms with Gasteiger partial charge in [0.1, 0.15) is 24.6 Å². The number of aliphatic hydroxyl groups is 1. The molecule has 10 heteroatoms. The summed E-state index contributed by atoms with van der Waals surface area (Å²) in [6.45, 7) is 8.86. The van der Waals surface area contributed by atoms with Gasteiger partial charge in [0.2, 0.25) is 0 Å². The van der Waals surface area contributed by atoms with Crippen molar-refractivity contribution in [2.45, 2.75) is 239 Å². The molecule has 0 aromatic carbocycles. The van der Waals surface area contributed by atoms with Gasteiger partial charge in [-0.15, -0.1) is 0 Å². The minimum Gasteiger partial charge on any atom is -0.462 e. The maximum atomic E-state index is 10.8. The van der Waals surface area contributed by atoms with E-state index < -0.39 is 6.10 Å². The molecule has 2 rings (SSSR count). The minimum atomic E-state index is -0.673. The van der Waals surface area contributed by atoms with E-state index in [1.54, 1.807) is 0 Å². The Morgan fingerprint density at radius 2 is 1.20 bits per heavy atom. The van der Waals surface area contributed by atoms with Gasteiger partial charge in [0, 0.05) is 20.3 Å². The largest absolute Gasteiger partial charge is 0.462 e. The number of rotatable bonds is 28. The molecule has 0 spiro atoms. The predicted octanol–water partition coefficient (Wildman–Crippen LogP) is 12.5. The lowest BCUT2D eigenvalue weighted by Crippen LogP contribution is -2.06. The third-order valence-corrected chi connectivity index (χ3v) is 9.24. The highest BCUT2D eigenvalue weighted by molar-refractivity contribution is 5.84. The molecule has 0 aromatic rings. The highest BCUT2D eigenvalue weighted by Gasteiger charge is 2.22. The maximum Gasteiger partial charge on any atom is 0.331 e. The molecular weight excluding hydrogens is 712 g/mol. The second kappa shape index (κ2) is 50.0. The summed E-state index contributed by atoms with van der Waals surface area (Å²) in [5.74, 6) is 2.19. The number of carbonyl (C=O) groups is 3. The van der Waals surface area contributed by atoms with Crippen molar-refractivity contribution in [2.24, 2.45) is 0 Å². The Bertz CT molecular complexity index is 988. The molecule has 0 radical (unpaired) electrons. The number of esters is 2. The fourth-order valence-electron chi connectivity index (χ4n) is 5.93. The van der Waals surface area contributed by atoms with Crippen molar-refractivity contribution in [3.63, 3.8) is 0 Å². The van der Waals surface area contributed by atoms with Crippen LogP contribution in [0.15, 0.2) is 12.2 Å². The van der Waals surface area contributed by atoms with E-state index in [-0.39, 0.29) is 25.6 Å². The second-order valence-corrected chi connectivity index (χ2v) is 14.4. The first-order chi connectivity index (χ1) is 27.3. The molecule has 1 fully saturated rings. The normalized spacial score (nSPS) is 15.2. The quantitative estimate of drug-likeness (QED) is 0.0174. The van der Waals surface area contributed by atoms with E-state index in [9.17, 15) is 19.5 Å². The molecule has 2 aliphatic heterocycles. The molecule has 3 N–H and O–H groups in total. The predicted molar refractivity (Wildman–Crippen MR) is 228 cm³/mol. The van der Waals surface area contributed by atoms with Crippen LogP contribution in [-0.2, 0) is 33.6 Å². The van der Waals surface area contributed by atoms with Crippen LogP contribution >= 0.6 is 0 Å². The number of hydrogen-bond donors (Lipinski definition) is 3. The third-order valence-electron chi connectivity index (χ3n) is 9.24. The van der Waals surface area contributed by atoms with Gasteiger partial charge in [0.25, 0.3) is 0 Å². The Balaban J connectivity index is -0.000000318. The van der Waals surface area contributed by atoms with Crippen LogP contribution in [-0.4, -0.2) is 52.2 Å². The fourth-order valence-corrected chi connectivity index (χ4v) is 5.93. The van der Waals surface area contributed by atoms with Gasteiger partial charge < -0.3 is 19.4 Å². The Morgan fingerprint density at radius 3 is 1.61 bits per heavy atom. The van der Waals surface area contributed by atoms with Gasteiger partial charge >= 0.3 is 11.9 Å². The van der Waals surface area contributed by atoms with E-state index in [1.807, 2.05) is 12.2 Å². The van der Waals surface area contributed by atoms with E-state index in [0.29, 0.717) is 12.8 Å². The molecule has 2 heterocycles. The molecule has 2 aliphatic rings. The van der Waals surface area contributed by atoms with Crippen LogP contribution in [0.2, 0.25) is 0 Å². The maximum absolute atomic E-state index is 10.8. The van der Waals surface area contributed by atoms with Crippen molar-refractivity contribution in [3.8, 4) is 24.6 Å². The van der Waals surface area contributed by atoms with Gasteiger partial charge in [-0.05, 0) is 63.4 Å². The molecule has 0 amide bonds. The first kappa shape index (κ1) is 57.3. The number of aldehydes is 1. The second-order valence-electron chi connectivity index (χ2n) is 14.4. The first-order valence-corrected chi connectivity index (χ1v) is 22.1. The Labute approximate surface area is 343 Å². The number of carbonyl (C=O) groups excluding carboxylic acids is 3. The molecule has 3 unspecified atom stereocenters. The molecule has 10 nitrogen and oxygen atoms in total. The van der Waals surface area contributed by atoms with Crippen molar-refractivity contribution in [2.75, 3.05) is 0 Å². The van der Waals surface area contributed by atoms with Gasteiger partial charge in [-0.25, -0.2) is 4.79 Å². The molecular formula is C46H84O10. The zero-order valence-corrected chi connectivity index (χ0v) is 36.0. The number of unbranched alkanes of at least 4 members (excludes halogenated alkanes) is 21. The molecule has 3 atom stereocenters. The standard InChI is InChI=1S/C12H22O2.C12H20O2.C11H20O3.C9H18O.C2H2O2.H2/c2*1-2-3-4-5-6-7-8-11-9-10-12(13)14-11;1-2-3-4-5-6-7-8-11(12)9-10-14-13;1-2-3-4-5-6-7-8-9-10;1-2-4-3;/h11H,2-10H2,1H3;9-11H,2-8H2,1H3;11-13H,2-8H2,1H3;9H,2-8H2,1H3;1,3H;1H. The van der Waals surface area contributed by atoms with Crippen molar-refractivity contribution < 1.29 is 50.7 Å². The van der Waals surface area contributed by atoms with Crippen LogP contribution in [0.3, 0.4) is 0 Å². The molecule has 56 heavy (non-hydrogen) atoms. The van der Waals surface area contributed by atoms with Crippen molar-refractivity contribution in [1.82, 2.24) is 0 Å². The minimum absolute atomic E-state index is 0. The zero-order chi connectivity index (χ0) is 42.2. The van der Waals surface area contributed by atoms with Crippen molar-refractivity contribution >= 4 is 18.2 Å². The third kappa shape index (κ3) is 49.0. The van der Waals surface area contributed by atoms with Gasteiger partial charge in [-0.1, -0.05) is 163 Å². The van der Waals surface area contributed by atoms with Crippen molar-refractivity contribution in [1.29, 1.82) is 0 Å². The zero-order valence-electron chi connectivity index (χ0n) is 36.0. The summed E-state index contributed by atoms with van der Waals surface area (Å²) < 4.78 is 10.2. The van der Waals surface area contributed by atoms with E-state index >= 15 is 0 Å². The van der Waals surface area contributed by atoms with Gasteiger partial charge in [-0.3, -0.25) is 14.6 Å². The van der Waals surface area contributed by atoms with Crippen LogP contribution in [0.25, 0.3) is 0 Å². The molecule has 0 bridgehead atoms. The van der Waals surface area contributed by atoms with Crippen molar-refractivity contribution in [3.05, 3.63) is 12.2 Å². The molecule has 0 aliphatic carbocycles. The van der Waals surface area contributed by atoms with Gasteiger partial charge in [0.05, 0.1) is 0 Å². The van der Waals surface area contributed by atoms with Crippen LogP contribution in [0.5, 0.6) is 0 Å². The summed E-state index contributed by atoms with van der Waals surface area (Å²) >= 11 is 0. The molecule has 0 saturated carbocycles. The van der Waals surface area contributed by atoms with Crippen LogP contribution in [0.4, 0.5) is 0 Å². The smallest absolute Gasteiger partial charge is 0.331 e. The SMILES string of the molecule is C#COO.CCCCCCCCC(O)C#COO.CCCCCCCCC1C=CC(=O)O1.CCCCCCCCC1CCC(=O)O1.CCCCCCCCC=O.[HH]. The van der Waals surface area contributed by atoms with Crippen LogP contribution < -0.4 is 0 Å². The summed E-state index contributed by atoms with van der Waals surface area (Å²) in [6, 6.07) is 0. The summed E-state index contributed by atoms with van der Waals surface area (Å²) in [4.78, 5) is 38.0. The first-order valence-electron chi connectivity index (χ1n) is 22.1. The average Bonchev–Trinajstić information content (AvgIpc) is 3.83. The van der Waals surface area contributed by atoms with E-state index in [0.717, 1.165) is 51.2 Å². The van der Waals surface area contributed by atoms with E-state index in [4.69, 9.17) is 20.0 Å². The monoisotopic (exact) mass is 797 g/mol. The van der Waals surface area contributed by atoms with Gasteiger partial charge in [-0.2, -0.15) is 10.5 Å². The summed E-state index contributed by atoms with van der Waals surface area (Å²) in [6.07, 6.45) is 47.3. The number of terminal acetylenes is 1. The number of hydrogen-bond acceptors (Lipinski definition) is 10. The number of ether oxygens (including phenoxy) is 2. The lowest BCUT2D eigenvalue weighted by Gasteiger charge is -2.07. The van der Waals surface area contributed by atoms with Crippen LogP contribution in [0.1, 0.15) is 222 Å². The Morgan fingerprint density at radius 1 is 0.732 bits per heavy atom. The summed E-state index contributed by atoms with van der Waals surface area (Å²) in [5, 5.41) is 24.3. The fraction of sp³-hybridized carbons (Fsp3) is 0.804. The highest BCUT2D eigenvalue weighted by atomic mass is 17.1. The Kier molecular flexibility index (Phi) is 51.1. The van der Waals surface area contributed by atoms with E-state index in [2.05, 4.69) is 49.8 Å². The topological polar surface area (TPSA) is 149 Å². The Hall–Kier alpha value is -3.05. The summed E-state index contributed by atoms with van der Waals surface area (Å²) in [7, 11) is 0. The highest BCUT2D eigenvalue weighted by Crippen LogP contribution is 2.20. The number of aliphatic hydroxyl groups excluding tert-OH is 1. The number of cyclic esters (lactones) is 2. The summed E-state index contributed by atoms with van der Waals surface area (Å²) in [5.41, 5.74) is 0. The lowest BCUT2D eigenvalue weighted by atomic mass is 10.1. The molecule has 1 saturated heterocycles. The molecule has 0 aromatic heterocycles. The lowest BCUT2D eigenvalue weighted by molar-refractivity contribution is -0.172.